The molecule has 0 saturated heterocycles. The van der Waals surface area contributed by atoms with Crippen LogP contribution in [0.25, 0.3) is 244 Å². The predicted octanol–water partition coefficient (Wildman–Crippen LogP) is 30.4. The molecule has 11 nitrogen and oxygen atoms in total. The monoisotopic (exact) mass is 1960 g/mol. The number of rotatable bonds is 10. The zero-order valence-corrected chi connectivity index (χ0v) is 86.6. The number of furan rings is 1. The summed E-state index contributed by atoms with van der Waals surface area (Å²) in [5, 5.41) is 20.2. The number of hydrogen-bond donors (Lipinski definition) is 0. The summed E-state index contributed by atoms with van der Waals surface area (Å²) in [6, 6.07) is 162. The molecule has 0 amide bonds. The van der Waals surface area contributed by atoms with Crippen LogP contribution in [-0.2, 0) is 5.41 Å². The van der Waals surface area contributed by atoms with Crippen molar-refractivity contribution in [2.24, 2.45) is 0 Å². The molecule has 11 heterocycles. The number of aromatic nitrogens is 10. The fourth-order valence-corrected chi connectivity index (χ4v) is 34.3. The maximum absolute atomic E-state index is 6.35. The third kappa shape index (κ3) is 13.1. The van der Waals surface area contributed by atoms with Crippen LogP contribution in [0.15, 0.2) is 453 Å². The normalized spacial score (nSPS) is 13.9. The van der Waals surface area contributed by atoms with Gasteiger partial charge >= 0.3 is 0 Å². The van der Waals surface area contributed by atoms with Gasteiger partial charge in [0.1, 0.15) is 35.4 Å². The maximum atomic E-state index is 6.35. The Morgan fingerprint density at radius 1 is 0.215 bits per heavy atom. The van der Waals surface area contributed by atoms with Crippen molar-refractivity contribution < 1.29 is 4.42 Å². The van der Waals surface area contributed by atoms with Crippen molar-refractivity contribution in [3.8, 4) is 135 Å². The molecule has 14 heteroatoms. The first kappa shape index (κ1) is 87.6. The molecule has 4 aliphatic rings. The molecule has 0 atom stereocenters. The molecule has 0 bridgehead atoms. The van der Waals surface area contributed by atoms with Crippen LogP contribution < -0.4 is 31.5 Å². The fourth-order valence-electron chi connectivity index (χ4n) is 25.6. The second-order valence-corrected chi connectivity index (χ2v) is 55.0. The van der Waals surface area contributed by atoms with Crippen LogP contribution in [0.5, 0.6) is 0 Å². The molecule has 0 fully saturated rings. The molecule has 0 radical (unpaired) electrons. The Hall–Kier alpha value is -17.9. The zero-order valence-electron chi connectivity index (χ0n) is 83.6. The highest BCUT2D eigenvalue weighted by atomic mass is 28.3. The van der Waals surface area contributed by atoms with Gasteiger partial charge in [-0.3, -0.25) is 0 Å². The van der Waals surface area contributed by atoms with Crippen molar-refractivity contribution >= 4 is 165 Å². The van der Waals surface area contributed by atoms with E-state index in [0.717, 1.165) is 124 Å². The third-order valence-electron chi connectivity index (χ3n) is 32.4. The van der Waals surface area contributed by atoms with Crippen LogP contribution in [-0.4, -0.2) is 72.4 Å². The Morgan fingerprint density at radius 2 is 0.544 bits per heavy atom. The number of fused-ring (bicyclic) bond motifs is 30. The molecule has 27 aromatic rings. The SMILES string of the molecule is CC1(C)c2ccccc2-c2c1ccc1c2c2ccccc2n1-c1cccc(-c2nc(-c3ccccc3)nc3c2-c2ccccc2[Si]3(C)C)c1.C[Si]1(C)c2ccccc2-c2c(-c3cccc(-n4c5ccccc5c5c6c7ccccc7n(-c7ccccc7)c6ccc54)c3)nc(-c3ccccc3)nc21.C[Si]1(C)c2ccccc2-c2c(-c3ccccc3-n3c4ccccc4c4c5c(ccc43)oc3ccccc35)nc(-c3ccccc3)nc21. The van der Waals surface area contributed by atoms with Crippen molar-refractivity contribution in [3.63, 3.8) is 0 Å². The zero-order chi connectivity index (χ0) is 99.6. The molecule has 31 rings (SSSR count). The first-order valence-electron chi connectivity index (χ1n) is 51.6. The van der Waals surface area contributed by atoms with Gasteiger partial charge in [-0.05, 0) is 158 Å². The largest absolute Gasteiger partial charge is 0.456 e. The minimum absolute atomic E-state index is 0.0551. The fraction of sp³-hybridized carbons (Fsp3) is 0.0667. The van der Waals surface area contributed by atoms with Gasteiger partial charge in [0.05, 0.1) is 66.9 Å². The lowest BCUT2D eigenvalue weighted by molar-refractivity contribution is 0.661. The summed E-state index contributed by atoms with van der Waals surface area (Å²) >= 11 is 0. The minimum atomic E-state index is -2.10. The van der Waals surface area contributed by atoms with Crippen molar-refractivity contribution in [3.05, 3.63) is 460 Å². The highest BCUT2D eigenvalue weighted by Crippen LogP contribution is 2.55. The van der Waals surface area contributed by atoms with E-state index in [0.29, 0.717) is 0 Å². The first-order chi connectivity index (χ1) is 73.0. The smallest absolute Gasteiger partial charge is 0.159 e. The van der Waals surface area contributed by atoms with E-state index in [9.17, 15) is 0 Å². The Morgan fingerprint density at radius 3 is 1.03 bits per heavy atom. The maximum Gasteiger partial charge on any atom is 0.159 e. The van der Waals surface area contributed by atoms with E-state index in [1.54, 1.807) is 0 Å². The highest BCUT2D eigenvalue weighted by molar-refractivity contribution is 7.04. The summed E-state index contributed by atoms with van der Waals surface area (Å²) in [6.45, 7) is 19.3. The average molecular weight is 1960 g/mol. The van der Waals surface area contributed by atoms with Gasteiger partial charge in [-0.15, -0.1) is 0 Å². The van der Waals surface area contributed by atoms with E-state index in [1.165, 1.54) is 163 Å². The number of para-hydroxylation sites is 7. The van der Waals surface area contributed by atoms with Crippen molar-refractivity contribution in [2.75, 3.05) is 0 Å². The molecule has 8 aromatic heterocycles. The van der Waals surface area contributed by atoms with E-state index < -0.39 is 24.2 Å². The number of benzene rings is 19. The second kappa shape index (κ2) is 33.3. The number of nitrogens with zero attached hydrogens (tertiary/aromatic N) is 10. The number of hydrogen-bond acceptors (Lipinski definition) is 7. The molecule has 0 unspecified atom stereocenters. The lowest BCUT2D eigenvalue weighted by Gasteiger charge is -2.21. The second-order valence-electron chi connectivity index (χ2n) is 42.2. The van der Waals surface area contributed by atoms with E-state index in [-0.39, 0.29) is 5.41 Å². The summed E-state index contributed by atoms with van der Waals surface area (Å²) in [5.41, 5.74) is 38.0. The third-order valence-corrected chi connectivity index (χ3v) is 42.4. The molecular weight excluding hydrogens is 1860 g/mol. The molecule has 0 N–H and O–H groups in total. The first-order valence-corrected chi connectivity index (χ1v) is 60.6. The lowest BCUT2D eigenvalue weighted by Crippen LogP contribution is -2.50. The highest BCUT2D eigenvalue weighted by Gasteiger charge is 2.46. The standard InChI is InChI=1S/C48H34N4Si.C45H35N3Si.C42H29N3OSi/c1-53(2)42-27-14-11-24-37(42)45-46(49-47(50-48(45)53)31-16-5-3-6-17-31)32-18-15-21-34(30-32)52-39-26-13-10-23-36(39)44-41(52)29-28-40-43(44)35-22-9-12-25-38(35)51(40)33-19-7-4-8-20-33;1-45(2)34-22-11-8-19-31(34)39-35(45)25-26-37-40(39)32-20-9-12-23-36(32)48(37)30-18-14-17-29(27-30)42-41-33-21-10-13-24-38(33)49(3,4)44(41)47-43(46-42)28-15-6-5-7-16-28;1-47(2)36-23-13-9-19-30(36)39-40(43-41(44-42(39)47)26-14-4-3-5-15-26)28-17-7-11-21-32(28)45-31-20-10-6-16-27(31)37-33(45)24-25-35-38(37)29-18-8-12-22-34(29)46-35/h3-30H,1-2H3;5-27H,1-4H3;3-25H,1-2H3. The average Bonchev–Trinajstić information content (AvgIpc) is 1.52. The van der Waals surface area contributed by atoms with Gasteiger partial charge in [0.25, 0.3) is 0 Å². The van der Waals surface area contributed by atoms with Gasteiger partial charge < -0.3 is 22.7 Å². The summed E-state index contributed by atoms with van der Waals surface area (Å²) in [4.78, 5) is 32.3. The van der Waals surface area contributed by atoms with Crippen molar-refractivity contribution in [2.45, 2.75) is 58.5 Å². The Bertz CT molecular complexity index is 10300. The van der Waals surface area contributed by atoms with E-state index in [1.807, 2.05) is 12.1 Å². The Labute approximate surface area is 864 Å². The van der Waals surface area contributed by atoms with Crippen LogP contribution >= 0.6 is 0 Å². The topological polar surface area (TPSA) is 110 Å². The van der Waals surface area contributed by atoms with E-state index in [4.69, 9.17) is 34.3 Å². The van der Waals surface area contributed by atoms with Gasteiger partial charge in [0.15, 0.2) is 17.5 Å². The Kier molecular flexibility index (Phi) is 19.6. The van der Waals surface area contributed by atoms with Crippen LogP contribution in [0.2, 0.25) is 39.3 Å². The van der Waals surface area contributed by atoms with Crippen LogP contribution in [0.3, 0.4) is 0 Å². The Balaban J connectivity index is 0.000000105. The van der Waals surface area contributed by atoms with Gasteiger partial charge in [-0.1, -0.05) is 399 Å². The summed E-state index contributed by atoms with van der Waals surface area (Å²) in [7, 11) is -6.23. The van der Waals surface area contributed by atoms with E-state index in [2.05, 4.69) is 508 Å². The van der Waals surface area contributed by atoms with Crippen molar-refractivity contribution in [1.29, 1.82) is 0 Å². The lowest BCUT2D eigenvalue weighted by atomic mass is 9.82. The van der Waals surface area contributed by atoms with E-state index >= 15 is 0 Å². The molecule has 0 spiro atoms. The molecular formula is C135H98N10OSi3. The molecule has 706 valence electrons. The quantitative estimate of drug-likeness (QED) is 0.125. The molecule has 3 aliphatic heterocycles. The minimum Gasteiger partial charge on any atom is -0.456 e. The van der Waals surface area contributed by atoms with Crippen LogP contribution in [0.4, 0.5) is 0 Å². The van der Waals surface area contributed by atoms with Crippen LogP contribution in [0.1, 0.15) is 25.0 Å². The molecule has 19 aromatic carbocycles. The molecule has 1 aliphatic carbocycles. The molecule has 0 saturated carbocycles. The van der Waals surface area contributed by atoms with Gasteiger partial charge in [0, 0.05) is 142 Å². The van der Waals surface area contributed by atoms with Gasteiger partial charge in [-0.2, -0.15) is 0 Å². The summed E-state index contributed by atoms with van der Waals surface area (Å²) in [5.74, 6) is 2.35. The summed E-state index contributed by atoms with van der Waals surface area (Å²) in [6.07, 6.45) is 0. The predicted molar refractivity (Wildman–Crippen MR) is 627 cm³/mol. The van der Waals surface area contributed by atoms with Gasteiger partial charge in [0.2, 0.25) is 0 Å². The van der Waals surface area contributed by atoms with Crippen LogP contribution in [0, 0.1) is 0 Å². The molecule has 149 heavy (non-hydrogen) atoms. The van der Waals surface area contributed by atoms with Gasteiger partial charge in [-0.25, -0.2) is 29.9 Å². The van der Waals surface area contributed by atoms with Crippen molar-refractivity contribution in [1.82, 2.24) is 48.2 Å². The summed E-state index contributed by atoms with van der Waals surface area (Å²) < 4.78 is 16.1.